The number of amides is 2. The number of carbonyl (C=O) groups is 2. The number of aromatic nitrogens is 3. The molecule has 2 N–H and O–H groups in total. The lowest BCUT2D eigenvalue weighted by Gasteiger charge is -2.09. The summed E-state index contributed by atoms with van der Waals surface area (Å²) in [6.07, 6.45) is 0. The molecule has 0 spiro atoms. The van der Waals surface area contributed by atoms with Crippen LogP contribution in [0.25, 0.3) is 10.8 Å². The van der Waals surface area contributed by atoms with E-state index >= 15 is 0 Å². The number of hydrogen-bond donors (Lipinski definition) is 2. The zero-order chi connectivity index (χ0) is 23.4. The molecule has 10 heteroatoms. The third-order valence-corrected chi connectivity index (χ3v) is 6.67. The Balaban J connectivity index is 1.33. The van der Waals surface area contributed by atoms with Crippen molar-refractivity contribution in [1.82, 2.24) is 20.1 Å². The van der Waals surface area contributed by atoms with Gasteiger partial charge in [-0.3, -0.25) is 9.59 Å². The molecular formula is C23H19Cl2N5O2S. The van der Waals surface area contributed by atoms with Crippen molar-refractivity contribution < 1.29 is 9.59 Å². The first-order valence-electron chi connectivity index (χ1n) is 9.94. The van der Waals surface area contributed by atoms with Crippen molar-refractivity contribution in [3.05, 3.63) is 82.1 Å². The molecule has 0 unspecified atom stereocenters. The molecule has 0 atom stereocenters. The lowest BCUT2D eigenvalue weighted by molar-refractivity contribution is -0.113. The largest absolute Gasteiger partial charge is 0.345 e. The Morgan fingerprint density at radius 1 is 1.00 bits per heavy atom. The van der Waals surface area contributed by atoms with Crippen molar-refractivity contribution in [2.75, 3.05) is 11.1 Å². The Labute approximate surface area is 204 Å². The molecule has 4 rings (SSSR count). The van der Waals surface area contributed by atoms with Gasteiger partial charge >= 0.3 is 0 Å². The minimum Gasteiger partial charge on any atom is -0.345 e. The van der Waals surface area contributed by atoms with Crippen molar-refractivity contribution >= 4 is 63.2 Å². The molecule has 0 radical (unpaired) electrons. The molecular weight excluding hydrogens is 481 g/mol. The molecule has 2 amide bonds. The Morgan fingerprint density at radius 3 is 2.61 bits per heavy atom. The standard InChI is InChI=1S/C23H19Cl2N5O2S/c1-30-20(12-26-22(32)15-9-10-17(24)18(25)11-15)28-29-23(30)33-13-21(31)27-19-8-4-6-14-5-2-3-7-16(14)19/h2-11H,12-13H2,1H3,(H,26,32)(H,27,31). The Morgan fingerprint density at radius 2 is 1.79 bits per heavy atom. The molecule has 7 nitrogen and oxygen atoms in total. The summed E-state index contributed by atoms with van der Waals surface area (Å²) >= 11 is 13.1. The van der Waals surface area contributed by atoms with E-state index in [4.69, 9.17) is 23.2 Å². The Hall–Kier alpha value is -3.07. The highest BCUT2D eigenvalue weighted by atomic mass is 35.5. The first kappa shape index (κ1) is 23.1. The summed E-state index contributed by atoms with van der Waals surface area (Å²) in [5.41, 5.74) is 1.16. The number of halogens is 2. The van der Waals surface area contributed by atoms with Gasteiger partial charge in [0.25, 0.3) is 5.91 Å². The number of fused-ring (bicyclic) bond motifs is 1. The van der Waals surface area contributed by atoms with Crippen LogP contribution in [0.4, 0.5) is 5.69 Å². The molecule has 168 valence electrons. The van der Waals surface area contributed by atoms with Crippen molar-refractivity contribution in [2.24, 2.45) is 7.05 Å². The molecule has 0 saturated carbocycles. The number of thioether (sulfide) groups is 1. The van der Waals surface area contributed by atoms with Gasteiger partial charge in [-0.15, -0.1) is 10.2 Å². The summed E-state index contributed by atoms with van der Waals surface area (Å²) in [5.74, 6) is 0.277. The van der Waals surface area contributed by atoms with E-state index in [0.29, 0.717) is 26.6 Å². The monoisotopic (exact) mass is 499 g/mol. The first-order chi connectivity index (χ1) is 15.9. The fourth-order valence-electron chi connectivity index (χ4n) is 3.17. The van der Waals surface area contributed by atoms with E-state index in [9.17, 15) is 9.59 Å². The van der Waals surface area contributed by atoms with Gasteiger partial charge in [0.2, 0.25) is 5.91 Å². The van der Waals surface area contributed by atoms with Gasteiger partial charge in [0.15, 0.2) is 11.0 Å². The number of rotatable bonds is 7. The topological polar surface area (TPSA) is 88.9 Å². The van der Waals surface area contributed by atoms with Gasteiger partial charge in [-0.2, -0.15) is 0 Å². The highest BCUT2D eigenvalue weighted by Gasteiger charge is 2.14. The molecule has 1 heterocycles. The van der Waals surface area contributed by atoms with Crippen LogP contribution in [-0.2, 0) is 18.4 Å². The van der Waals surface area contributed by atoms with Crippen LogP contribution in [0, 0.1) is 0 Å². The van der Waals surface area contributed by atoms with Crippen molar-refractivity contribution in [3.63, 3.8) is 0 Å². The summed E-state index contributed by atoms with van der Waals surface area (Å²) in [6, 6.07) is 18.3. The van der Waals surface area contributed by atoms with Crippen LogP contribution in [-0.4, -0.2) is 32.3 Å². The maximum Gasteiger partial charge on any atom is 0.251 e. The summed E-state index contributed by atoms with van der Waals surface area (Å²) < 4.78 is 1.74. The van der Waals surface area contributed by atoms with Gasteiger partial charge in [0.1, 0.15) is 0 Å². The van der Waals surface area contributed by atoms with Gasteiger partial charge in [0, 0.05) is 23.7 Å². The lowest BCUT2D eigenvalue weighted by Crippen LogP contribution is -2.24. The molecule has 0 bridgehead atoms. The summed E-state index contributed by atoms with van der Waals surface area (Å²) in [5, 5.41) is 17.3. The SMILES string of the molecule is Cn1c(CNC(=O)c2ccc(Cl)c(Cl)c2)nnc1SCC(=O)Nc1cccc2ccccc12. The Kier molecular flexibility index (Phi) is 7.17. The second kappa shape index (κ2) is 10.2. The number of benzene rings is 3. The minimum atomic E-state index is -0.305. The summed E-state index contributed by atoms with van der Waals surface area (Å²) in [6.45, 7) is 0.172. The average molecular weight is 500 g/mol. The first-order valence-corrected chi connectivity index (χ1v) is 11.7. The summed E-state index contributed by atoms with van der Waals surface area (Å²) in [4.78, 5) is 24.9. The van der Waals surface area contributed by atoms with Gasteiger partial charge in [0.05, 0.1) is 22.3 Å². The van der Waals surface area contributed by atoms with E-state index in [1.807, 2.05) is 42.5 Å². The quantitative estimate of drug-likeness (QED) is 0.351. The second-order valence-corrected chi connectivity index (χ2v) is 8.89. The summed E-state index contributed by atoms with van der Waals surface area (Å²) in [7, 11) is 1.78. The maximum atomic E-state index is 12.5. The third kappa shape index (κ3) is 5.47. The van der Waals surface area contributed by atoms with Crippen LogP contribution >= 0.6 is 35.0 Å². The predicted molar refractivity (Wildman–Crippen MR) is 132 cm³/mol. The number of carbonyl (C=O) groups excluding carboxylic acids is 2. The molecule has 4 aromatic rings. The van der Waals surface area contributed by atoms with Crippen LogP contribution in [0.15, 0.2) is 65.8 Å². The zero-order valence-corrected chi connectivity index (χ0v) is 19.8. The molecule has 1 aromatic heterocycles. The molecule has 3 aromatic carbocycles. The van der Waals surface area contributed by atoms with E-state index in [2.05, 4.69) is 20.8 Å². The normalized spacial score (nSPS) is 10.9. The average Bonchev–Trinajstić information content (AvgIpc) is 3.17. The van der Waals surface area contributed by atoms with Crippen LogP contribution in [0.2, 0.25) is 10.0 Å². The lowest BCUT2D eigenvalue weighted by atomic mass is 10.1. The van der Waals surface area contributed by atoms with E-state index in [1.54, 1.807) is 23.7 Å². The molecule has 0 aliphatic rings. The van der Waals surface area contributed by atoms with Crippen LogP contribution in [0.3, 0.4) is 0 Å². The van der Waals surface area contributed by atoms with Crippen LogP contribution in [0.1, 0.15) is 16.2 Å². The van der Waals surface area contributed by atoms with E-state index in [0.717, 1.165) is 16.5 Å². The van der Waals surface area contributed by atoms with Crippen molar-refractivity contribution in [3.8, 4) is 0 Å². The fraction of sp³-hybridized carbons (Fsp3) is 0.130. The third-order valence-electron chi connectivity index (χ3n) is 4.91. The molecule has 0 fully saturated rings. The van der Waals surface area contributed by atoms with Crippen molar-refractivity contribution in [2.45, 2.75) is 11.7 Å². The molecule has 33 heavy (non-hydrogen) atoms. The highest BCUT2D eigenvalue weighted by Crippen LogP contribution is 2.24. The molecule has 0 aliphatic heterocycles. The Bertz CT molecular complexity index is 1340. The second-order valence-electron chi connectivity index (χ2n) is 7.13. The molecule has 0 aliphatic carbocycles. The van der Waals surface area contributed by atoms with Crippen molar-refractivity contribution in [1.29, 1.82) is 0 Å². The zero-order valence-electron chi connectivity index (χ0n) is 17.5. The number of nitrogens with zero attached hydrogens (tertiary/aromatic N) is 3. The van der Waals surface area contributed by atoms with E-state index in [-0.39, 0.29) is 24.1 Å². The number of nitrogens with one attached hydrogen (secondary N) is 2. The van der Waals surface area contributed by atoms with Gasteiger partial charge in [-0.1, -0.05) is 71.4 Å². The fourth-order valence-corrected chi connectivity index (χ4v) is 4.20. The van der Waals surface area contributed by atoms with Crippen LogP contribution < -0.4 is 10.6 Å². The molecule has 0 saturated heterocycles. The van der Waals surface area contributed by atoms with Gasteiger partial charge in [-0.05, 0) is 29.7 Å². The predicted octanol–water partition coefficient (Wildman–Crippen LogP) is 4.94. The van der Waals surface area contributed by atoms with Gasteiger partial charge < -0.3 is 15.2 Å². The van der Waals surface area contributed by atoms with E-state index < -0.39 is 0 Å². The maximum absolute atomic E-state index is 12.5. The number of anilines is 1. The van der Waals surface area contributed by atoms with Gasteiger partial charge in [-0.25, -0.2) is 0 Å². The minimum absolute atomic E-state index is 0.145. The van der Waals surface area contributed by atoms with Crippen LogP contribution in [0.5, 0.6) is 0 Å². The van der Waals surface area contributed by atoms with E-state index in [1.165, 1.54) is 17.8 Å². The highest BCUT2D eigenvalue weighted by molar-refractivity contribution is 7.99. The number of hydrogen-bond acceptors (Lipinski definition) is 5. The smallest absolute Gasteiger partial charge is 0.251 e.